The monoisotopic (exact) mass is 671 g/mol. The Kier molecular flexibility index (Phi) is 6.85. The number of nitrogens with zero attached hydrogens (tertiary/aromatic N) is 4. The van der Waals surface area contributed by atoms with E-state index in [2.05, 4.69) is 116 Å². The second kappa shape index (κ2) is 10.6. The maximum atomic E-state index is 7.16. The third-order valence-electron chi connectivity index (χ3n) is 7.95. The first kappa shape index (κ1) is 27.2. The summed E-state index contributed by atoms with van der Waals surface area (Å²) in [6.45, 7) is 4.20. The second-order valence-corrected chi connectivity index (χ2v) is 12.0. The molecule has 2 N–H and O–H groups in total. The molecular weight excluding hydrogens is 641 g/mol. The van der Waals surface area contributed by atoms with Crippen LogP contribution in [0.3, 0.4) is 0 Å². The maximum Gasteiger partial charge on any atom is 0.194 e. The minimum atomic E-state index is -0.854. The predicted octanol–water partition coefficient (Wildman–Crippen LogP) is 6.02. The number of nitrogen functional groups attached to an aromatic ring is 1. The van der Waals surface area contributed by atoms with Crippen molar-refractivity contribution in [2.75, 3.05) is 12.3 Å². The Balaban J connectivity index is 1.33. The second-order valence-electron chi connectivity index (χ2n) is 11.0. The minimum absolute atomic E-state index is 0.218. The normalized spacial score (nSPS) is 21.4. The Morgan fingerprint density at radius 3 is 2.02 bits per heavy atom. The van der Waals surface area contributed by atoms with E-state index in [-0.39, 0.29) is 18.2 Å². The van der Waals surface area contributed by atoms with Crippen molar-refractivity contribution in [3.8, 4) is 0 Å². The molecule has 0 unspecified atom stereocenters. The molecule has 3 heterocycles. The van der Waals surface area contributed by atoms with Crippen LogP contribution in [0.25, 0.3) is 11.2 Å². The van der Waals surface area contributed by atoms with Crippen LogP contribution in [0.1, 0.15) is 36.6 Å². The number of fused-ring (bicyclic) bond motifs is 2. The lowest BCUT2D eigenvalue weighted by Crippen LogP contribution is -2.35. The van der Waals surface area contributed by atoms with Crippen LogP contribution in [0.5, 0.6) is 0 Å². The highest BCUT2D eigenvalue weighted by atomic mass is 127. The molecule has 3 aromatic carbocycles. The average Bonchev–Trinajstić information content (AvgIpc) is 3.66. The van der Waals surface area contributed by atoms with E-state index < -0.39 is 11.4 Å². The first-order chi connectivity index (χ1) is 20.4. The summed E-state index contributed by atoms with van der Waals surface area (Å²) in [7, 11) is 0. The molecule has 1 aliphatic carbocycles. The summed E-state index contributed by atoms with van der Waals surface area (Å²) in [5.74, 6) is -0.408. The van der Waals surface area contributed by atoms with Gasteiger partial charge in [-0.3, -0.25) is 0 Å². The topological polar surface area (TPSA) is 97.3 Å². The Hall–Kier alpha value is -3.64. The fourth-order valence-electron chi connectivity index (χ4n) is 6.19. The highest BCUT2D eigenvalue weighted by Crippen LogP contribution is 2.46. The van der Waals surface area contributed by atoms with Gasteiger partial charge in [-0.05, 0) is 36.1 Å². The van der Waals surface area contributed by atoms with Crippen molar-refractivity contribution in [1.82, 2.24) is 19.5 Å². The maximum absolute atomic E-state index is 7.16. The largest absolute Gasteiger partial charge is 0.382 e. The number of ether oxygens (including phenoxy) is 3. The van der Waals surface area contributed by atoms with Gasteiger partial charge in [-0.15, -0.1) is 0 Å². The van der Waals surface area contributed by atoms with E-state index >= 15 is 0 Å². The molecule has 1 saturated heterocycles. The zero-order chi connectivity index (χ0) is 28.9. The van der Waals surface area contributed by atoms with E-state index in [1.165, 1.54) is 0 Å². The number of anilines is 1. The van der Waals surface area contributed by atoms with Crippen molar-refractivity contribution in [3.63, 3.8) is 0 Å². The number of nitrogens with two attached hydrogens (primary N) is 1. The van der Waals surface area contributed by atoms with Crippen molar-refractivity contribution in [2.45, 2.75) is 43.5 Å². The van der Waals surface area contributed by atoms with E-state index in [0.29, 0.717) is 27.4 Å². The van der Waals surface area contributed by atoms with Gasteiger partial charge in [0.15, 0.2) is 21.1 Å². The van der Waals surface area contributed by atoms with Crippen molar-refractivity contribution in [2.24, 2.45) is 0 Å². The first-order valence-electron chi connectivity index (χ1n) is 13.9. The third kappa shape index (κ3) is 4.60. The van der Waals surface area contributed by atoms with Gasteiger partial charge in [-0.2, -0.15) is 0 Å². The number of aromatic nitrogens is 4. The fourth-order valence-corrected chi connectivity index (χ4v) is 6.68. The molecular formula is C33H30IN5O3. The number of benzene rings is 3. The Bertz CT molecular complexity index is 1660. The van der Waals surface area contributed by atoms with Crippen LogP contribution in [0.15, 0.2) is 109 Å². The summed E-state index contributed by atoms with van der Waals surface area (Å²) in [5.41, 5.74) is 10.7. The molecule has 0 saturated carbocycles. The Morgan fingerprint density at radius 1 is 0.881 bits per heavy atom. The number of hydrogen-bond acceptors (Lipinski definition) is 7. The van der Waals surface area contributed by atoms with Crippen LogP contribution >= 0.6 is 22.6 Å². The van der Waals surface area contributed by atoms with Gasteiger partial charge in [0, 0.05) is 22.6 Å². The molecule has 0 amide bonds. The summed E-state index contributed by atoms with van der Waals surface area (Å²) in [6, 6.07) is 30.9. The van der Waals surface area contributed by atoms with Crippen LogP contribution in [-0.4, -0.2) is 44.1 Å². The van der Waals surface area contributed by atoms with E-state index in [4.69, 9.17) is 19.9 Å². The van der Waals surface area contributed by atoms with Crippen LogP contribution < -0.4 is 5.73 Å². The van der Waals surface area contributed by atoms with E-state index in [0.717, 1.165) is 22.3 Å². The molecule has 8 nitrogen and oxygen atoms in total. The van der Waals surface area contributed by atoms with Crippen molar-refractivity contribution in [3.05, 3.63) is 129 Å². The summed E-state index contributed by atoms with van der Waals surface area (Å²) in [5, 5.41) is 0. The number of imidazole rings is 1. The van der Waals surface area contributed by atoms with Gasteiger partial charge in [0.25, 0.3) is 0 Å². The molecule has 7 rings (SSSR count). The molecule has 42 heavy (non-hydrogen) atoms. The van der Waals surface area contributed by atoms with Crippen LogP contribution in [0, 0.1) is 3.83 Å². The first-order valence-corrected chi connectivity index (χ1v) is 15.0. The van der Waals surface area contributed by atoms with Crippen molar-refractivity contribution >= 4 is 39.6 Å². The van der Waals surface area contributed by atoms with Gasteiger partial charge in [0.1, 0.15) is 23.3 Å². The van der Waals surface area contributed by atoms with E-state index in [1.54, 1.807) is 6.33 Å². The molecule has 1 fully saturated rings. The van der Waals surface area contributed by atoms with Gasteiger partial charge in [0.2, 0.25) is 0 Å². The van der Waals surface area contributed by atoms with Crippen molar-refractivity contribution < 1.29 is 14.2 Å². The van der Waals surface area contributed by atoms with Crippen molar-refractivity contribution in [1.29, 1.82) is 0 Å². The lowest BCUT2D eigenvalue weighted by Gasteiger charge is -2.36. The van der Waals surface area contributed by atoms with Gasteiger partial charge in [-0.1, -0.05) is 97.1 Å². The highest BCUT2D eigenvalue weighted by Gasteiger charge is 2.51. The van der Waals surface area contributed by atoms with Gasteiger partial charge < -0.3 is 24.5 Å². The molecule has 5 aromatic rings. The minimum Gasteiger partial charge on any atom is -0.382 e. The smallest absolute Gasteiger partial charge is 0.194 e. The average molecular weight is 672 g/mol. The summed E-state index contributed by atoms with van der Waals surface area (Å²) >= 11 is 2.08. The number of halogens is 1. The van der Waals surface area contributed by atoms with Gasteiger partial charge in [0.05, 0.1) is 19.0 Å². The zero-order valence-electron chi connectivity index (χ0n) is 23.2. The predicted molar refractivity (Wildman–Crippen MR) is 169 cm³/mol. The standard InChI is InChI=1S/C33H30IN5O3/c1-32(2)41-27-21(18-25(28(27)42-32)39-20-36-26-29(35)37-31(34)38-30(26)39)19-40-33(22-12-6-3-7-13-22,23-14-8-4-9-15-23)24-16-10-5-11-17-24/h3-18,20,25,27-28H,19H2,1-2H3,(H2,35,37,38)/t25-,27-,28+/m1/s1. The number of rotatable bonds is 7. The fraction of sp³-hybridized carbons (Fsp3) is 0.242. The molecule has 2 aromatic heterocycles. The molecule has 0 spiro atoms. The molecule has 3 atom stereocenters. The lowest BCUT2D eigenvalue weighted by atomic mass is 9.80. The lowest BCUT2D eigenvalue weighted by molar-refractivity contribution is -0.148. The van der Waals surface area contributed by atoms with E-state index in [9.17, 15) is 0 Å². The van der Waals surface area contributed by atoms with Crippen LogP contribution in [0.4, 0.5) is 5.82 Å². The van der Waals surface area contributed by atoms with Crippen LogP contribution in [0.2, 0.25) is 0 Å². The third-order valence-corrected chi connectivity index (χ3v) is 8.44. The molecule has 2 aliphatic rings. The molecule has 1 aliphatic heterocycles. The van der Waals surface area contributed by atoms with Gasteiger partial charge in [-0.25, -0.2) is 15.0 Å². The van der Waals surface area contributed by atoms with Crippen LogP contribution in [-0.2, 0) is 19.8 Å². The molecule has 0 bridgehead atoms. The summed E-state index contributed by atoms with van der Waals surface area (Å²) in [6.07, 6.45) is 3.33. The van der Waals surface area contributed by atoms with E-state index in [1.807, 2.05) is 36.6 Å². The summed E-state index contributed by atoms with van der Waals surface area (Å²) in [4.78, 5) is 13.5. The number of hydrogen-bond donors (Lipinski definition) is 1. The summed E-state index contributed by atoms with van der Waals surface area (Å²) < 4.78 is 22.7. The SMILES string of the molecule is CC1(C)O[C@@H]2[C@H](O1)C(COC(c1ccccc1)(c1ccccc1)c1ccccc1)=C[C@H]2n1cnc2c(N)nc(I)nc21. The zero-order valence-corrected chi connectivity index (χ0v) is 25.4. The van der Waals surface area contributed by atoms with Gasteiger partial charge >= 0.3 is 0 Å². The quantitative estimate of drug-likeness (QED) is 0.0979. The highest BCUT2D eigenvalue weighted by molar-refractivity contribution is 14.1. The molecule has 9 heteroatoms. The molecule has 212 valence electrons. The Morgan fingerprint density at radius 2 is 1.45 bits per heavy atom. The molecule has 0 radical (unpaired) electrons. The Labute approximate surface area is 257 Å².